The van der Waals surface area contributed by atoms with Gasteiger partial charge in [0, 0.05) is 42.1 Å². The number of anilines is 1. The quantitative estimate of drug-likeness (QED) is 0.0456. The molecule has 0 radical (unpaired) electrons. The first-order valence-electron chi connectivity index (χ1n) is 15.9. The summed E-state index contributed by atoms with van der Waals surface area (Å²) in [6.07, 6.45) is -5.30. The molecule has 1 aliphatic rings. The average molecular weight is 855 g/mol. The average Bonchev–Trinajstić information content (AvgIpc) is 3.62. The van der Waals surface area contributed by atoms with E-state index in [1.807, 2.05) is 0 Å². The highest BCUT2D eigenvalue weighted by molar-refractivity contribution is 8.76. The molecule has 2 amide bonds. The molecule has 0 aromatic carbocycles. The number of nitrogens with two attached hydrogens (primary N) is 1. The monoisotopic (exact) mass is 854 g/mol. The highest BCUT2D eigenvalue weighted by atomic mass is 33.1. The Morgan fingerprint density at radius 2 is 1.79 bits per heavy atom. The van der Waals surface area contributed by atoms with Gasteiger partial charge in [0.05, 0.1) is 25.2 Å². The maximum atomic E-state index is 12.7. The lowest BCUT2D eigenvalue weighted by Crippen LogP contribution is -2.46. The summed E-state index contributed by atoms with van der Waals surface area (Å²) in [6.45, 7) is 5.11. The standard InChI is InChI=1S/C26H45N6O16P3S2/c1-5-15(2)53-52-11-10-28-18(33)7-9-30-24(36)22(35)26(3,4)13-45-51(42,43)48-50(40,41)44-12-17-21(47-49(37,38)39)20(34)25(46-17)32-14-31-19-16(27)6-8-29-23(19)32/h6,8,14-15,17,20-22,25,34-35H,5,7,9-13H2,1-4H3,(H2,27,29)(H,28,33)(H,30,36)(H,40,41)(H,42,43)(H2,37,38,39)/t15?,17-,20?,21+,22-,25-/m1/s1. The van der Waals surface area contributed by atoms with Gasteiger partial charge in [-0.25, -0.2) is 23.7 Å². The van der Waals surface area contributed by atoms with Gasteiger partial charge in [-0.3, -0.25) is 27.7 Å². The van der Waals surface area contributed by atoms with Gasteiger partial charge in [0.25, 0.3) is 0 Å². The van der Waals surface area contributed by atoms with Gasteiger partial charge >= 0.3 is 23.5 Å². The van der Waals surface area contributed by atoms with Crippen molar-refractivity contribution in [1.29, 1.82) is 0 Å². The minimum Gasteiger partial charge on any atom is -0.397 e. The van der Waals surface area contributed by atoms with Crippen LogP contribution >= 0.6 is 45.1 Å². The Kier molecular flexibility index (Phi) is 16.8. The lowest BCUT2D eigenvalue weighted by Gasteiger charge is -2.30. The number of hydrogen-bond donors (Lipinski definition) is 9. The van der Waals surface area contributed by atoms with Crippen molar-refractivity contribution in [3.8, 4) is 0 Å². The molecule has 0 saturated carbocycles. The number of aromatic nitrogens is 3. The molecular weight excluding hydrogens is 809 g/mol. The van der Waals surface area contributed by atoms with Crippen LogP contribution in [0.2, 0.25) is 0 Å². The van der Waals surface area contributed by atoms with E-state index in [2.05, 4.69) is 43.3 Å². The fraction of sp³-hybridized carbons (Fsp3) is 0.692. The van der Waals surface area contributed by atoms with Crippen molar-refractivity contribution < 1.29 is 75.7 Å². The van der Waals surface area contributed by atoms with Gasteiger partial charge in [0.1, 0.15) is 29.9 Å². The molecule has 8 atom stereocenters. The number of ether oxygens (including phenoxy) is 1. The van der Waals surface area contributed by atoms with Crippen molar-refractivity contribution in [3.05, 3.63) is 18.6 Å². The summed E-state index contributed by atoms with van der Waals surface area (Å²) >= 11 is 0. The summed E-state index contributed by atoms with van der Waals surface area (Å²) in [6, 6.07) is 1.45. The van der Waals surface area contributed by atoms with Crippen molar-refractivity contribution >= 4 is 73.7 Å². The highest BCUT2D eigenvalue weighted by Crippen LogP contribution is 2.61. The van der Waals surface area contributed by atoms with Crippen LogP contribution in [-0.2, 0) is 45.9 Å². The van der Waals surface area contributed by atoms with Gasteiger partial charge in [0.15, 0.2) is 11.9 Å². The second-order valence-electron chi connectivity index (χ2n) is 12.3. The number of aliphatic hydroxyl groups excluding tert-OH is 2. The molecule has 10 N–H and O–H groups in total. The third-order valence-corrected chi connectivity index (χ3v) is 13.7. The van der Waals surface area contributed by atoms with Crippen LogP contribution in [0, 0.1) is 5.41 Å². The fourth-order valence-electron chi connectivity index (χ4n) is 4.49. The highest BCUT2D eigenvalue weighted by Gasteiger charge is 2.50. The van der Waals surface area contributed by atoms with E-state index < -0.39 is 78.6 Å². The third-order valence-electron chi connectivity index (χ3n) is 7.50. The van der Waals surface area contributed by atoms with Crippen LogP contribution in [0.1, 0.15) is 46.8 Å². The first kappa shape index (κ1) is 45.7. The number of amides is 2. The predicted molar refractivity (Wildman–Crippen MR) is 192 cm³/mol. The third kappa shape index (κ3) is 14.1. The number of nitrogen functional groups attached to an aromatic ring is 1. The molecule has 22 nitrogen and oxygen atoms in total. The lowest BCUT2D eigenvalue weighted by atomic mass is 9.87. The molecular formula is C26H45N6O16P3S2. The zero-order valence-electron chi connectivity index (χ0n) is 29.0. The van der Waals surface area contributed by atoms with Crippen LogP contribution in [0.25, 0.3) is 11.2 Å². The Balaban J connectivity index is 1.51. The number of pyridine rings is 1. The van der Waals surface area contributed by atoms with E-state index in [4.69, 9.17) is 19.5 Å². The summed E-state index contributed by atoms with van der Waals surface area (Å²) in [7, 11) is -12.9. The second kappa shape index (κ2) is 19.4. The van der Waals surface area contributed by atoms with E-state index in [9.17, 15) is 53.1 Å². The largest absolute Gasteiger partial charge is 0.481 e. The maximum absolute atomic E-state index is 12.7. The number of fused-ring (bicyclic) bond motifs is 1. The van der Waals surface area contributed by atoms with E-state index in [0.717, 1.165) is 12.7 Å². The zero-order chi connectivity index (χ0) is 39.8. The van der Waals surface area contributed by atoms with E-state index in [1.165, 1.54) is 30.7 Å². The fourth-order valence-corrected chi connectivity index (χ4v) is 9.61. The van der Waals surface area contributed by atoms with Gasteiger partial charge in [-0.15, -0.1) is 0 Å². The maximum Gasteiger partial charge on any atom is 0.481 e. The van der Waals surface area contributed by atoms with Crippen molar-refractivity contribution in [2.45, 2.75) is 76.4 Å². The summed E-state index contributed by atoms with van der Waals surface area (Å²) in [5, 5.41) is 27.0. The summed E-state index contributed by atoms with van der Waals surface area (Å²) in [5.41, 5.74) is 4.82. The minimum atomic E-state index is -5.54. The second-order valence-corrected chi connectivity index (χ2v) is 19.5. The zero-order valence-corrected chi connectivity index (χ0v) is 33.3. The number of phosphoric ester groups is 3. The normalized spacial score (nSPS) is 22.9. The SMILES string of the molecule is CCC(C)SSCCNC(=O)CCNC(=O)[C@@H](O)C(C)(C)COP(=O)(O)OP(=O)(O)OC[C@H]1O[C@@H](n2cnc3c(N)ccnc32)C(O)[C@H]1OP(=O)(O)O. The van der Waals surface area contributed by atoms with Crippen LogP contribution in [0.15, 0.2) is 18.6 Å². The minimum absolute atomic E-state index is 0.0749. The van der Waals surface area contributed by atoms with Crippen molar-refractivity contribution in [3.63, 3.8) is 0 Å². The van der Waals surface area contributed by atoms with Gasteiger partial charge < -0.3 is 50.9 Å². The molecule has 0 aliphatic carbocycles. The Morgan fingerprint density at radius 1 is 1.11 bits per heavy atom. The molecule has 2 aromatic rings. The first-order chi connectivity index (χ1) is 24.6. The smallest absolute Gasteiger partial charge is 0.397 e. The van der Waals surface area contributed by atoms with Gasteiger partial charge in [-0.1, -0.05) is 49.3 Å². The van der Waals surface area contributed by atoms with Crippen molar-refractivity contribution in [1.82, 2.24) is 25.2 Å². The predicted octanol–water partition coefficient (Wildman–Crippen LogP) is 1.19. The number of carbonyl (C=O) groups excluding carboxylic acids is 2. The molecule has 53 heavy (non-hydrogen) atoms. The summed E-state index contributed by atoms with van der Waals surface area (Å²) in [5.74, 6) is -0.547. The van der Waals surface area contributed by atoms with Gasteiger partial charge in [-0.2, -0.15) is 4.31 Å². The van der Waals surface area contributed by atoms with E-state index in [0.29, 0.717) is 17.5 Å². The van der Waals surface area contributed by atoms with Crippen molar-refractivity contribution in [2.24, 2.45) is 5.41 Å². The number of imidazole rings is 1. The Bertz CT molecular complexity index is 1700. The van der Waals surface area contributed by atoms with E-state index in [-0.39, 0.29) is 35.7 Å². The van der Waals surface area contributed by atoms with E-state index >= 15 is 0 Å². The molecule has 27 heteroatoms. The number of nitrogens with one attached hydrogen (secondary N) is 2. The van der Waals surface area contributed by atoms with Crippen molar-refractivity contribution in [2.75, 3.05) is 37.8 Å². The molecule has 302 valence electrons. The Morgan fingerprint density at radius 3 is 2.45 bits per heavy atom. The van der Waals surface area contributed by atoms with Crippen LogP contribution in [0.3, 0.4) is 0 Å². The molecule has 1 aliphatic heterocycles. The molecule has 3 rings (SSSR count). The van der Waals surface area contributed by atoms with Gasteiger partial charge in [0.2, 0.25) is 11.8 Å². The number of hydrogen-bond acceptors (Lipinski definition) is 17. The van der Waals surface area contributed by atoms with Crippen LogP contribution in [-0.4, -0.2) is 118 Å². The Hall–Kier alpha value is -1.69. The number of phosphoric acid groups is 3. The number of rotatable bonds is 22. The lowest BCUT2D eigenvalue weighted by molar-refractivity contribution is -0.137. The molecule has 3 heterocycles. The number of nitrogens with zero attached hydrogens (tertiary/aromatic N) is 3. The topological polar surface area (TPSA) is 334 Å². The summed E-state index contributed by atoms with van der Waals surface area (Å²) < 4.78 is 62.2. The first-order valence-corrected chi connectivity index (χ1v) is 22.8. The van der Waals surface area contributed by atoms with Gasteiger partial charge in [-0.05, 0) is 12.5 Å². The molecule has 0 bridgehead atoms. The van der Waals surface area contributed by atoms with E-state index in [1.54, 1.807) is 21.6 Å². The number of aliphatic hydroxyl groups is 2. The van der Waals surface area contributed by atoms with Crippen LogP contribution < -0.4 is 16.4 Å². The molecule has 1 saturated heterocycles. The molecule has 0 spiro atoms. The molecule has 4 unspecified atom stereocenters. The van der Waals surface area contributed by atoms with Crippen LogP contribution in [0.5, 0.6) is 0 Å². The summed E-state index contributed by atoms with van der Waals surface area (Å²) in [4.78, 5) is 71.9. The van der Waals surface area contributed by atoms with Crippen LogP contribution in [0.4, 0.5) is 5.69 Å². The number of carbonyl (C=O) groups is 2. The molecule has 1 fully saturated rings. The molecule has 2 aromatic heterocycles. The Labute approximate surface area is 312 Å².